The van der Waals surface area contributed by atoms with E-state index < -0.39 is 6.04 Å². The first kappa shape index (κ1) is 25.2. The molecular formula is C31H30N4O3. The van der Waals surface area contributed by atoms with E-state index in [0.717, 1.165) is 16.3 Å². The predicted molar refractivity (Wildman–Crippen MR) is 151 cm³/mol. The molecule has 7 nitrogen and oxygen atoms in total. The van der Waals surface area contributed by atoms with Crippen LogP contribution in [-0.4, -0.2) is 49.8 Å². The van der Waals surface area contributed by atoms with Crippen LogP contribution in [0.15, 0.2) is 91.0 Å². The summed E-state index contributed by atoms with van der Waals surface area (Å²) in [4.78, 5) is 43.7. The van der Waals surface area contributed by atoms with Gasteiger partial charge in [0, 0.05) is 31.3 Å². The molecule has 5 rings (SSSR count). The number of carbonyl (C=O) groups is 3. The monoisotopic (exact) mass is 506 g/mol. The lowest BCUT2D eigenvalue weighted by Gasteiger charge is -2.31. The third kappa shape index (κ3) is 5.01. The molecule has 38 heavy (non-hydrogen) atoms. The van der Waals surface area contributed by atoms with Crippen molar-refractivity contribution in [2.45, 2.75) is 12.5 Å². The van der Waals surface area contributed by atoms with Gasteiger partial charge in [-0.3, -0.25) is 19.3 Å². The number of benzene rings is 4. The minimum Gasteiger partial charge on any atom is -0.340 e. The SMILES string of the molecule is CNCCN(C)C(=O)c1ccc2c(c1)NC(=O)CC(c1ccccc1)N2C(=O)c1ccc2ccccc2c1. The number of likely N-dealkylation sites (N-methyl/N-ethyl adjacent to an activating group) is 2. The van der Waals surface area contributed by atoms with Gasteiger partial charge in [0.2, 0.25) is 5.91 Å². The fourth-order valence-electron chi connectivity index (χ4n) is 4.87. The second-order valence-corrected chi connectivity index (χ2v) is 9.48. The highest BCUT2D eigenvalue weighted by atomic mass is 16.2. The van der Waals surface area contributed by atoms with E-state index in [0.29, 0.717) is 35.6 Å². The van der Waals surface area contributed by atoms with Gasteiger partial charge in [0.05, 0.1) is 23.8 Å². The van der Waals surface area contributed by atoms with E-state index in [-0.39, 0.29) is 24.1 Å². The number of rotatable bonds is 6. The summed E-state index contributed by atoms with van der Waals surface area (Å²) in [7, 11) is 3.57. The van der Waals surface area contributed by atoms with Gasteiger partial charge in [-0.25, -0.2) is 0 Å². The topological polar surface area (TPSA) is 81.8 Å². The molecule has 1 atom stereocenters. The summed E-state index contributed by atoms with van der Waals surface area (Å²) in [6, 6.07) is 27.7. The normalized spacial score (nSPS) is 14.9. The minimum atomic E-state index is -0.517. The highest BCUT2D eigenvalue weighted by Gasteiger charge is 2.34. The fraction of sp³-hybridized carbons (Fsp3) is 0.194. The van der Waals surface area contributed by atoms with Gasteiger partial charge >= 0.3 is 0 Å². The van der Waals surface area contributed by atoms with Crippen molar-refractivity contribution in [3.8, 4) is 0 Å². The van der Waals surface area contributed by atoms with Crippen LogP contribution in [0.4, 0.5) is 11.4 Å². The van der Waals surface area contributed by atoms with Gasteiger partial charge in [-0.1, -0.05) is 60.7 Å². The molecule has 192 valence electrons. The summed E-state index contributed by atoms with van der Waals surface area (Å²) in [6.07, 6.45) is 0.0867. The van der Waals surface area contributed by atoms with E-state index >= 15 is 0 Å². The lowest BCUT2D eigenvalue weighted by atomic mass is 9.99. The maximum atomic E-state index is 14.2. The van der Waals surface area contributed by atoms with Gasteiger partial charge in [0.25, 0.3) is 11.8 Å². The van der Waals surface area contributed by atoms with Crippen LogP contribution in [0.25, 0.3) is 10.8 Å². The van der Waals surface area contributed by atoms with Crippen molar-refractivity contribution in [2.24, 2.45) is 0 Å². The zero-order valence-corrected chi connectivity index (χ0v) is 21.5. The minimum absolute atomic E-state index is 0.0867. The first-order valence-corrected chi connectivity index (χ1v) is 12.7. The summed E-state index contributed by atoms with van der Waals surface area (Å²) in [5.74, 6) is -0.594. The van der Waals surface area contributed by atoms with Gasteiger partial charge in [0.15, 0.2) is 0 Å². The number of nitrogens with one attached hydrogen (secondary N) is 2. The molecule has 0 fully saturated rings. The Morgan fingerprint density at radius 2 is 1.63 bits per heavy atom. The Morgan fingerprint density at radius 3 is 2.39 bits per heavy atom. The van der Waals surface area contributed by atoms with Crippen molar-refractivity contribution in [1.82, 2.24) is 10.2 Å². The third-order valence-corrected chi connectivity index (χ3v) is 6.91. The summed E-state index contributed by atoms with van der Waals surface area (Å²) in [5, 5.41) is 7.99. The van der Waals surface area contributed by atoms with Crippen LogP contribution in [-0.2, 0) is 4.79 Å². The fourth-order valence-corrected chi connectivity index (χ4v) is 4.87. The van der Waals surface area contributed by atoms with Gasteiger partial charge in [-0.2, -0.15) is 0 Å². The summed E-state index contributed by atoms with van der Waals surface area (Å²) in [6.45, 7) is 1.21. The summed E-state index contributed by atoms with van der Waals surface area (Å²) < 4.78 is 0. The molecule has 1 aliphatic rings. The second-order valence-electron chi connectivity index (χ2n) is 9.48. The van der Waals surface area contributed by atoms with Crippen LogP contribution < -0.4 is 15.5 Å². The van der Waals surface area contributed by atoms with Crippen molar-refractivity contribution in [1.29, 1.82) is 0 Å². The Kier molecular flexibility index (Phi) is 7.20. The molecule has 2 N–H and O–H groups in total. The number of hydrogen-bond donors (Lipinski definition) is 2. The maximum Gasteiger partial charge on any atom is 0.258 e. The van der Waals surface area contributed by atoms with E-state index in [1.165, 1.54) is 0 Å². The summed E-state index contributed by atoms with van der Waals surface area (Å²) >= 11 is 0. The number of carbonyl (C=O) groups excluding carboxylic acids is 3. The van der Waals surface area contributed by atoms with Crippen LogP contribution in [0.1, 0.15) is 38.7 Å². The number of amides is 3. The van der Waals surface area contributed by atoms with E-state index in [9.17, 15) is 14.4 Å². The largest absolute Gasteiger partial charge is 0.340 e. The molecule has 4 aromatic rings. The Bertz CT molecular complexity index is 1500. The molecule has 0 spiro atoms. The Labute approximate surface area is 222 Å². The quantitative estimate of drug-likeness (QED) is 0.391. The van der Waals surface area contributed by atoms with Gasteiger partial charge in [-0.15, -0.1) is 0 Å². The van der Waals surface area contributed by atoms with Crippen LogP contribution >= 0.6 is 0 Å². The zero-order chi connectivity index (χ0) is 26.6. The van der Waals surface area contributed by atoms with E-state index in [4.69, 9.17) is 0 Å². The third-order valence-electron chi connectivity index (χ3n) is 6.91. The second kappa shape index (κ2) is 10.9. The van der Waals surface area contributed by atoms with Crippen LogP contribution in [0, 0.1) is 0 Å². The van der Waals surface area contributed by atoms with E-state index in [2.05, 4.69) is 10.6 Å². The standard InChI is InChI=1S/C31H30N4O3/c1-32-16-17-34(2)30(37)25-14-15-27-26(19-25)33-29(36)20-28(22-9-4-3-5-10-22)35(27)31(38)24-13-12-21-8-6-7-11-23(21)18-24/h3-15,18-19,28,32H,16-17,20H2,1-2H3,(H,33,36). The van der Waals surface area contributed by atoms with Crippen molar-refractivity contribution in [3.63, 3.8) is 0 Å². The highest BCUT2D eigenvalue weighted by Crippen LogP contribution is 2.40. The van der Waals surface area contributed by atoms with Gasteiger partial charge in [-0.05, 0) is 53.7 Å². The number of fused-ring (bicyclic) bond motifs is 2. The van der Waals surface area contributed by atoms with Crippen molar-refractivity contribution in [2.75, 3.05) is 37.4 Å². The molecule has 4 aromatic carbocycles. The lowest BCUT2D eigenvalue weighted by Crippen LogP contribution is -2.35. The zero-order valence-electron chi connectivity index (χ0n) is 21.5. The molecule has 3 amide bonds. The average Bonchev–Trinajstić information content (AvgIpc) is 3.10. The maximum absolute atomic E-state index is 14.2. The molecule has 1 unspecified atom stereocenters. The number of anilines is 2. The van der Waals surface area contributed by atoms with Crippen molar-refractivity contribution < 1.29 is 14.4 Å². The van der Waals surface area contributed by atoms with Crippen molar-refractivity contribution in [3.05, 3.63) is 108 Å². The Balaban J connectivity index is 1.61. The Morgan fingerprint density at radius 1 is 0.921 bits per heavy atom. The van der Waals surface area contributed by atoms with Crippen molar-refractivity contribution >= 4 is 39.9 Å². The van der Waals surface area contributed by atoms with Crippen LogP contribution in [0.5, 0.6) is 0 Å². The number of hydrogen-bond acceptors (Lipinski definition) is 4. The first-order valence-electron chi connectivity index (χ1n) is 12.7. The molecule has 0 saturated heterocycles. The molecule has 0 aromatic heterocycles. The van der Waals surface area contributed by atoms with Crippen LogP contribution in [0.3, 0.4) is 0 Å². The lowest BCUT2D eigenvalue weighted by molar-refractivity contribution is -0.116. The predicted octanol–water partition coefficient (Wildman–Crippen LogP) is 4.86. The molecule has 1 heterocycles. The molecule has 1 aliphatic heterocycles. The van der Waals surface area contributed by atoms with E-state index in [1.54, 1.807) is 35.0 Å². The number of nitrogens with zero attached hydrogens (tertiary/aromatic N) is 2. The molecule has 7 heteroatoms. The summed E-state index contributed by atoms with van der Waals surface area (Å²) in [5.41, 5.74) is 2.82. The molecule has 0 radical (unpaired) electrons. The molecular weight excluding hydrogens is 476 g/mol. The molecule has 0 aliphatic carbocycles. The first-order chi connectivity index (χ1) is 18.5. The average molecular weight is 507 g/mol. The van der Waals surface area contributed by atoms with Crippen LogP contribution in [0.2, 0.25) is 0 Å². The Hall–Kier alpha value is -4.49. The molecule has 0 bridgehead atoms. The molecule has 0 saturated carbocycles. The van der Waals surface area contributed by atoms with Gasteiger partial charge < -0.3 is 15.5 Å². The van der Waals surface area contributed by atoms with Gasteiger partial charge in [0.1, 0.15) is 0 Å². The smallest absolute Gasteiger partial charge is 0.258 e. The van der Waals surface area contributed by atoms with E-state index in [1.807, 2.05) is 79.8 Å². The highest BCUT2D eigenvalue weighted by molar-refractivity contribution is 6.13.